The molecule has 0 amide bonds. The normalized spacial score (nSPS) is 12.7. The molecule has 7 nitrogen and oxygen atoms in total. The molecule has 0 heterocycles. The van der Waals surface area contributed by atoms with Crippen LogP contribution in [0.25, 0.3) is 0 Å². The summed E-state index contributed by atoms with van der Waals surface area (Å²) in [6.45, 7) is 14.0. The fraction of sp³-hybridized carbons (Fsp3) is 0.929. The molecule has 0 fully saturated rings. The molecular formula is C14H34IN5O2S. The van der Waals surface area contributed by atoms with Gasteiger partial charge in [0, 0.05) is 38.3 Å². The summed E-state index contributed by atoms with van der Waals surface area (Å²) < 4.78 is 24.4. The van der Waals surface area contributed by atoms with Crippen LogP contribution in [0.3, 0.4) is 0 Å². The number of sulfonamides is 1. The average molecular weight is 463 g/mol. The minimum Gasteiger partial charge on any atom is -0.357 e. The van der Waals surface area contributed by atoms with Gasteiger partial charge in [0.25, 0.3) is 0 Å². The fourth-order valence-electron chi connectivity index (χ4n) is 2.16. The molecule has 0 bridgehead atoms. The van der Waals surface area contributed by atoms with E-state index < -0.39 is 10.0 Å². The van der Waals surface area contributed by atoms with Crippen molar-refractivity contribution in [3.8, 4) is 0 Å². The van der Waals surface area contributed by atoms with Crippen LogP contribution in [0.1, 0.15) is 34.6 Å². The molecule has 0 aromatic carbocycles. The molecule has 0 radical (unpaired) electrons. The van der Waals surface area contributed by atoms with E-state index in [2.05, 4.69) is 52.9 Å². The Morgan fingerprint density at radius 3 is 2.09 bits per heavy atom. The second kappa shape index (κ2) is 13.2. The van der Waals surface area contributed by atoms with E-state index in [1.165, 1.54) is 0 Å². The highest BCUT2D eigenvalue weighted by Gasteiger charge is 2.12. The summed E-state index contributed by atoms with van der Waals surface area (Å²) in [5, 5.41) is 6.43. The van der Waals surface area contributed by atoms with Crippen molar-refractivity contribution >= 4 is 40.0 Å². The lowest BCUT2D eigenvalue weighted by Gasteiger charge is -2.30. The van der Waals surface area contributed by atoms with Crippen LogP contribution in [0.15, 0.2) is 4.99 Å². The third-order valence-corrected chi connectivity index (χ3v) is 3.81. The van der Waals surface area contributed by atoms with Gasteiger partial charge in [-0.25, -0.2) is 13.1 Å². The number of rotatable bonds is 10. The number of nitrogens with one attached hydrogen (secondary N) is 3. The van der Waals surface area contributed by atoms with Crippen molar-refractivity contribution in [1.29, 1.82) is 0 Å². The number of guanidine groups is 1. The number of aliphatic imine (C=N–C) groups is 1. The van der Waals surface area contributed by atoms with Gasteiger partial charge >= 0.3 is 0 Å². The highest BCUT2D eigenvalue weighted by molar-refractivity contribution is 14.0. The summed E-state index contributed by atoms with van der Waals surface area (Å²) >= 11 is 0. The predicted octanol–water partition coefficient (Wildman–Crippen LogP) is 0.828. The summed E-state index contributed by atoms with van der Waals surface area (Å²) in [4.78, 5) is 6.76. The number of halogens is 1. The molecule has 0 unspecified atom stereocenters. The molecule has 140 valence electrons. The Hall–Kier alpha value is -0.130. The first kappa shape index (κ1) is 25.1. The second-order valence-electron chi connectivity index (χ2n) is 5.78. The van der Waals surface area contributed by atoms with Crippen molar-refractivity contribution in [2.24, 2.45) is 4.99 Å². The van der Waals surface area contributed by atoms with Crippen molar-refractivity contribution in [2.75, 3.05) is 39.0 Å². The number of nitrogens with zero attached hydrogens (tertiary/aromatic N) is 2. The lowest BCUT2D eigenvalue weighted by molar-refractivity contribution is 0.178. The smallest absolute Gasteiger partial charge is 0.208 e. The van der Waals surface area contributed by atoms with Crippen molar-refractivity contribution in [2.45, 2.75) is 46.7 Å². The Kier molecular flexibility index (Phi) is 14.4. The molecule has 0 aliphatic carbocycles. The molecule has 0 aliphatic heterocycles. The zero-order chi connectivity index (χ0) is 17.2. The van der Waals surface area contributed by atoms with Crippen LogP contribution in [0.2, 0.25) is 0 Å². The summed E-state index contributed by atoms with van der Waals surface area (Å²) in [7, 11) is -3.15. The van der Waals surface area contributed by atoms with Gasteiger partial charge in [-0.05, 0) is 34.6 Å². The van der Waals surface area contributed by atoms with E-state index in [1.807, 2.05) is 6.92 Å². The van der Waals surface area contributed by atoms with Gasteiger partial charge in [0.05, 0.1) is 12.8 Å². The summed E-state index contributed by atoms with van der Waals surface area (Å²) in [6.07, 6.45) is 1.15. The average Bonchev–Trinajstić information content (AvgIpc) is 2.37. The maximum atomic E-state index is 11.0. The van der Waals surface area contributed by atoms with Crippen molar-refractivity contribution < 1.29 is 8.42 Å². The van der Waals surface area contributed by atoms with E-state index >= 15 is 0 Å². The van der Waals surface area contributed by atoms with Crippen molar-refractivity contribution in [3.63, 3.8) is 0 Å². The van der Waals surface area contributed by atoms with Gasteiger partial charge in [0.15, 0.2) is 5.96 Å². The molecule has 0 spiro atoms. The molecular weight excluding hydrogens is 429 g/mol. The van der Waals surface area contributed by atoms with Gasteiger partial charge in [-0.2, -0.15) is 0 Å². The maximum Gasteiger partial charge on any atom is 0.208 e. The Morgan fingerprint density at radius 1 is 1.09 bits per heavy atom. The standard InChI is InChI=1S/C14H33N5O2S.HI/c1-7-15-14(16-8-9-18-22(6,20)21)17-10-11-19(12(2)3)13(4)5;/h12-13,18H,7-11H2,1-6H3,(H2,15,16,17);1H. The van der Waals surface area contributed by atoms with Crippen LogP contribution in [0.4, 0.5) is 0 Å². The van der Waals surface area contributed by atoms with E-state index in [4.69, 9.17) is 0 Å². The number of hydrogen-bond acceptors (Lipinski definition) is 4. The lowest BCUT2D eigenvalue weighted by Crippen LogP contribution is -2.45. The first-order valence-corrected chi connectivity index (χ1v) is 9.79. The second-order valence-corrected chi connectivity index (χ2v) is 7.61. The quantitative estimate of drug-likeness (QED) is 0.193. The third-order valence-electron chi connectivity index (χ3n) is 3.08. The van der Waals surface area contributed by atoms with Crippen molar-refractivity contribution in [3.05, 3.63) is 0 Å². The van der Waals surface area contributed by atoms with Crippen LogP contribution >= 0.6 is 24.0 Å². The maximum absolute atomic E-state index is 11.0. The highest BCUT2D eigenvalue weighted by atomic mass is 127. The van der Waals surface area contributed by atoms with Gasteiger partial charge in [-0.1, -0.05) is 0 Å². The fourth-order valence-corrected chi connectivity index (χ4v) is 2.62. The molecule has 0 atom stereocenters. The van der Waals surface area contributed by atoms with Crippen molar-refractivity contribution in [1.82, 2.24) is 20.3 Å². The van der Waals surface area contributed by atoms with Crippen LogP contribution in [0, 0.1) is 0 Å². The minimum absolute atomic E-state index is 0. The van der Waals surface area contributed by atoms with Gasteiger partial charge in [0.2, 0.25) is 10.0 Å². The lowest BCUT2D eigenvalue weighted by atomic mass is 10.2. The molecule has 0 aliphatic rings. The first-order chi connectivity index (χ1) is 10.2. The van der Waals surface area contributed by atoms with E-state index in [0.29, 0.717) is 31.1 Å². The zero-order valence-electron chi connectivity index (χ0n) is 15.2. The monoisotopic (exact) mass is 463 g/mol. The molecule has 9 heteroatoms. The molecule has 23 heavy (non-hydrogen) atoms. The Bertz CT molecular complexity index is 419. The molecule has 0 aromatic heterocycles. The van der Waals surface area contributed by atoms with Crippen LogP contribution in [0.5, 0.6) is 0 Å². The summed E-state index contributed by atoms with van der Waals surface area (Å²) in [5.41, 5.74) is 0. The molecule has 0 saturated carbocycles. The predicted molar refractivity (Wildman–Crippen MR) is 109 cm³/mol. The SMILES string of the molecule is CCNC(=NCCNS(C)(=O)=O)NCCN(C(C)C)C(C)C.I. The van der Waals surface area contributed by atoms with Gasteiger partial charge in [-0.15, -0.1) is 24.0 Å². The molecule has 0 rings (SSSR count). The summed E-state index contributed by atoms with van der Waals surface area (Å²) in [6, 6.07) is 1.00. The minimum atomic E-state index is -3.15. The molecule has 0 aromatic rings. The van der Waals surface area contributed by atoms with Crippen LogP contribution in [-0.2, 0) is 10.0 Å². The highest BCUT2D eigenvalue weighted by Crippen LogP contribution is 2.03. The summed E-state index contributed by atoms with van der Waals surface area (Å²) in [5.74, 6) is 0.713. The molecule has 0 saturated heterocycles. The first-order valence-electron chi connectivity index (χ1n) is 7.90. The topological polar surface area (TPSA) is 85.8 Å². The third kappa shape index (κ3) is 14.0. The van der Waals surface area contributed by atoms with Gasteiger partial charge in [0.1, 0.15) is 0 Å². The largest absolute Gasteiger partial charge is 0.357 e. The van der Waals surface area contributed by atoms with Crippen LogP contribution in [-0.4, -0.2) is 70.3 Å². The van der Waals surface area contributed by atoms with E-state index in [9.17, 15) is 8.42 Å². The number of hydrogen-bond donors (Lipinski definition) is 3. The Morgan fingerprint density at radius 2 is 1.65 bits per heavy atom. The molecule has 3 N–H and O–H groups in total. The van der Waals surface area contributed by atoms with Crippen LogP contribution < -0.4 is 15.4 Å². The Labute approximate surface area is 159 Å². The van der Waals surface area contributed by atoms with Gasteiger partial charge in [-0.3, -0.25) is 9.89 Å². The van der Waals surface area contributed by atoms with E-state index in [0.717, 1.165) is 25.9 Å². The zero-order valence-corrected chi connectivity index (χ0v) is 18.4. The van der Waals surface area contributed by atoms with Gasteiger partial charge < -0.3 is 10.6 Å². The van der Waals surface area contributed by atoms with E-state index in [-0.39, 0.29) is 24.0 Å². The Balaban J connectivity index is 0. The van der Waals surface area contributed by atoms with E-state index in [1.54, 1.807) is 0 Å².